The minimum Gasteiger partial charge on any atom is -0.504 e. The van der Waals surface area contributed by atoms with Gasteiger partial charge in [0.1, 0.15) is 44.2 Å². The van der Waals surface area contributed by atoms with Gasteiger partial charge in [-0.2, -0.15) is 0 Å². The fourth-order valence-electron chi connectivity index (χ4n) is 7.04. The third-order valence-electron chi connectivity index (χ3n) is 10.4. The summed E-state index contributed by atoms with van der Waals surface area (Å²) in [6.45, 7) is 0.383. The Morgan fingerprint density at radius 2 is 1.01 bits per heavy atom. The first-order chi connectivity index (χ1) is 33.8. The zero-order valence-corrected chi connectivity index (χ0v) is 39.0. The van der Waals surface area contributed by atoms with Crippen LogP contribution in [-0.2, 0) is 71.4 Å². The van der Waals surface area contributed by atoms with Crippen molar-refractivity contribution in [2.45, 2.75) is 75.6 Å². The van der Waals surface area contributed by atoms with Crippen molar-refractivity contribution < 1.29 is 111 Å². The molecule has 0 aromatic heterocycles. The Balaban J connectivity index is 1.56. The Morgan fingerprint density at radius 1 is 0.563 bits per heavy atom. The van der Waals surface area contributed by atoms with Gasteiger partial charge in [0.2, 0.25) is 12.1 Å². The molecule has 0 amide bonds. The molecule has 5 rings (SSSR count). The number of aromatic hydroxyl groups is 3. The lowest BCUT2D eigenvalue weighted by atomic mass is 9.98. The van der Waals surface area contributed by atoms with Gasteiger partial charge >= 0.3 is 35.8 Å². The van der Waals surface area contributed by atoms with Crippen LogP contribution in [0.15, 0.2) is 72.8 Å². The Hall–Kier alpha value is -7.70. The predicted octanol–water partition coefficient (Wildman–Crippen LogP) is 2.25. The molecule has 2 aliphatic rings. The first-order valence-corrected chi connectivity index (χ1v) is 21.3. The number of carbonyl (C=O) groups is 6. The Morgan fingerprint density at radius 3 is 1.48 bits per heavy atom. The van der Waals surface area contributed by atoms with Gasteiger partial charge in [-0.15, -0.1) is 0 Å². The molecule has 2 saturated heterocycles. The van der Waals surface area contributed by atoms with Gasteiger partial charge in [0.25, 0.3) is 0 Å². The fraction of sp³-hybridized carbons (Fsp3) is 0.375. The highest BCUT2D eigenvalue weighted by atomic mass is 16.8. The SMILES string of the molecule is COc1cc(/C=C/C(=O)OC[C@H]2O[C@@](COC(=O)/C=C/c3ccc(O)c(OC)c3)(O[C@H]3O[C@H](COC(C)=O)[C@@H](OC(C)=O)[C@@H](O)[C@H]3OC(C)=O)[C@@H](OC(=O)/C=C/c3ccc(O)c(OC)c3)C2O)ccc1O. The smallest absolute Gasteiger partial charge is 0.331 e. The van der Waals surface area contributed by atoms with Crippen LogP contribution < -0.4 is 14.2 Å². The second-order valence-corrected chi connectivity index (χ2v) is 15.4. The molecule has 1 unspecified atom stereocenters. The summed E-state index contributed by atoms with van der Waals surface area (Å²) >= 11 is 0. The van der Waals surface area contributed by atoms with E-state index in [2.05, 4.69) is 0 Å². The van der Waals surface area contributed by atoms with E-state index in [4.69, 9.17) is 56.8 Å². The van der Waals surface area contributed by atoms with Crippen LogP contribution in [0, 0.1) is 0 Å². The molecule has 0 saturated carbocycles. The molecule has 0 spiro atoms. The number of phenolic OH excluding ortho intramolecular Hbond substituents is 3. The molecule has 3 aromatic rings. The van der Waals surface area contributed by atoms with Crippen molar-refractivity contribution in [2.24, 2.45) is 0 Å². The van der Waals surface area contributed by atoms with E-state index in [0.717, 1.165) is 39.0 Å². The van der Waals surface area contributed by atoms with E-state index in [1.807, 2.05) is 0 Å². The molecule has 3 aromatic carbocycles. The number of methoxy groups -OCH3 is 3. The van der Waals surface area contributed by atoms with Crippen molar-refractivity contribution in [1.82, 2.24) is 0 Å². The number of rotatable bonds is 20. The van der Waals surface area contributed by atoms with Gasteiger partial charge in [-0.25, -0.2) is 14.4 Å². The van der Waals surface area contributed by atoms with E-state index in [1.165, 1.54) is 94.2 Å². The third-order valence-corrected chi connectivity index (χ3v) is 10.4. The molecule has 0 bridgehead atoms. The number of carbonyl (C=O) groups excluding carboxylic acids is 6. The molecule has 9 atom stereocenters. The van der Waals surface area contributed by atoms with E-state index in [1.54, 1.807) is 0 Å². The maximum atomic E-state index is 13.7. The number of aliphatic hydroxyl groups is 2. The lowest BCUT2D eigenvalue weighted by Gasteiger charge is -2.45. The first kappa shape index (κ1) is 54.2. The monoisotopic (exact) mass is 996 g/mol. The minimum atomic E-state index is -2.77. The number of phenols is 3. The molecular formula is C48H52O23. The van der Waals surface area contributed by atoms with Gasteiger partial charge in [0.05, 0.1) is 21.3 Å². The summed E-state index contributed by atoms with van der Waals surface area (Å²) in [4.78, 5) is 77.0. The van der Waals surface area contributed by atoms with Crippen LogP contribution in [0.1, 0.15) is 37.5 Å². The second kappa shape index (κ2) is 24.7. The highest BCUT2D eigenvalue weighted by molar-refractivity contribution is 5.88. The van der Waals surface area contributed by atoms with Crippen molar-refractivity contribution in [1.29, 1.82) is 0 Å². The molecule has 0 radical (unpaired) electrons. The van der Waals surface area contributed by atoms with Gasteiger partial charge < -0.3 is 82.4 Å². The number of ether oxygens (including phenoxy) is 12. The fourth-order valence-corrected chi connectivity index (χ4v) is 7.04. The van der Waals surface area contributed by atoms with Crippen LogP contribution in [-0.4, -0.2) is 157 Å². The molecular weight excluding hydrogens is 945 g/mol. The summed E-state index contributed by atoms with van der Waals surface area (Å²) in [6.07, 6.45) is -8.48. The lowest BCUT2D eigenvalue weighted by molar-refractivity contribution is -0.384. The van der Waals surface area contributed by atoms with Crippen LogP contribution in [0.25, 0.3) is 18.2 Å². The summed E-state index contributed by atoms with van der Waals surface area (Å²) in [7, 11) is 3.94. The maximum absolute atomic E-state index is 13.7. The largest absolute Gasteiger partial charge is 0.504 e. The van der Waals surface area contributed by atoms with E-state index in [-0.39, 0.29) is 34.5 Å². The van der Waals surface area contributed by atoms with Gasteiger partial charge in [-0.05, 0) is 71.3 Å². The molecule has 5 N–H and O–H groups in total. The van der Waals surface area contributed by atoms with Gasteiger partial charge in [0.15, 0.2) is 52.8 Å². The normalized spacial score (nSPS) is 24.0. The second-order valence-electron chi connectivity index (χ2n) is 15.4. The summed E-state index contributed by atoms with van der Waals surface area (Å²) in [6, 6.07) is 12.5. The van der Waals surface area contributed by atoms with Crippen LogP contribution in [0.3, 0.4) is 0 Å². The number of hydrogen-bond acceptors (Lipinski definition) is 23. The molecule has 382 valence electrons. The van der Waals surface area contributed by atoms with Crippen molar-refractivity contribution in [3.05, 3.63) is 89.5 Å². The van der Waals surface area contributed by atoms with E-state index < -0.39 is 110 Å². The van der Waals surface area contributed by atoms with E-state index >= 15 is 0 Å². The summed E-state index contributed by atoms with van der Waals surface area (Å²) in [5.74, 6) is -9.16. The van der Waals surface area contributed by atoms with Crippen molar-refractivity contribution in [3.63, 3.8) is 0 Å². The number of aliphatic hydroxyl groups excluding tert-OH is 2. The summed E-state index contributed by atoms with van der Waals surface area (Å²) in [5, 5.41) is 53.6. The Labute approximate surface area is 405 Å². The van der Waals surface area contributed by atoms with Crippen LogP contribution in [0.4, 0.5) is 0 Å². The minimum absolute atomic E-state index is 0.0583. The zero-order chi connectivity index (χ0) is 52.0. The highest BCUT2D eigenvalue weighted by Crippen LogP contribution is 2.40. The van der Waals surface area contributed by atoms with Crippen LogP contribution in [0.5, 0.6) is 34.5 Å². The van der Waals surface area contributed by atoms with Gasteiger partial charge in [0, 0.05) is 39.0 Å². The quantitative estimate of drug-likeness (QED) is 0.0616. The average Bonchev–Trinajstić information content (AvgIpc) is 3.58. The number of benzene rings is 3. The number of hydrogen-bond donors (Lipinski definition) is 5. The molecule has 23 heteroatoms. The number of esters is 6. The van der Waals surface area contributed by atoms with Crippen LogP contribution in [0.2, 0.25) is 0 Å². The van der Waals surface area contributed by atoms with E-state index in [9.17, 15) is 54.3 Å². The van der Waals surface area contributed by atoms with Crippen LogP contribution >= 0.6 is 0 Å². The predicted molar refractivity (Wildman–Crippen MR) is 240 cm³/mol. The molecule has 2 fully saturated rings. The van der Waals surface area contributed by atoms with Crippen molar-refractivity contribution in [2.75, 3.05) is 41.2 Å². The molecule has 71 heavy (non-hydrogen) atoms. The van der Waals surface area contributed by atoms with Gasteiger partial charge in [-0.3, -0.25) is 14.4 Å². The first-order valence-electron chi connectivity index (χ1n) is 21.3. The van der Waals surface area contributed by atoms with Crippen molar-refractivity contribution >= 4 is 54.0 Å². The average molecular weight is 997 g/mol. The highest BCUT2D eigenvalue weighted by Gasteiger charge is 2.63. The van der Waals surface area contributed by atoms with Gasteiger partial charge in [-0.1, -0.05) is 18.2 Å². The Bertz CT molecular complexity index is 2500. The molecule has 0 aliphatic carbocycles. The zero-order valence-electron chi connectivity index (χ0n) is 39.0. The topological polar surface area (TPSA) is 314 Å². The Kier molecular flexibility index (Phi) is 18.9. The van der Waals surface area contributed by atoms with E-state index in [0.29, 0.717) is 16.7 Å². The molecule has 2 aliphatic heterocycles. The maximum Gasteiger partial charge on any atom is 0.331 e. The van der Waals surface area contributed by atoms with Crippen molar-refractivity contribution in [3.8, 4) is 34.5 Å². The summed E-state index contributed by atoms with van der Waals surface area (Å²) in [5.41, 5.74) is 1.09. The molecule has 2 heterocycles. The summed E-state index contributed by atoms with van der Waals surface area (Å²) < 4.78 is 66.5. The molecule has 23 nitrogen and oxygen atoms in total. The lowest BCUT2D eigenvalue weighted by Crippen LogP contribution is -2.65. The standard InChI is InChI=1S/C48H52O23/c1-25(49)63-23-38-44(66-26(2)50)43(59)45(67-27(3)51)47(68-38)71-48(24-65-40(56)17-11-29-8-14-32(53)35(20-29)61-5)46(69-41(57)18-12-30-9-15-33(54)36(21-30)62-6)42(58)37(70-48)22-64-39(55)16-10-28-7-13-31(52)34(19-28)60-4/h7-21,37-38,42-47,52-54,58-59H,22-24H2,1-6H3/b16-10+,17-11+,18-12+/t37-,38-,42?,43-,44-,45-,46+,47-,48+/m1/s1. The third kappa shape index (κ3) is 14.7.